The van der Waals surface area contributed by atoms with Crippen LogP contribution < -0.4 is 5.32 Å². The monoisotopic (exact) mass is 252 g/mol. The van der Waals surface area contributed by atoms with Gasteiger partial charge in [0.2, 0.25) is 0 Å². The second kappa shape index (κ2) is 4.60. The molecule has 2 unspecified atom stereocenters. The molecule has 0 amide bonds. The first-order chi connectivity index (χ1) is 8.73. The molecule has 6 heteroatoms. The Labute approximate surface area is 107 Å². The van der Waals surface area contributed by atoms with Crippen molar-refractivity contribution in [2.75, 3.05) is 26.4 Å². The first-order valence-electron chi connectivity index (χ1n) is 6.54. The summed E-state index contributed by atoms with van der Waals surface area (Å²) in [4.78, 5) is 0. The van der Waals surface area contributed by atoms with Gasteiger partial charge in [-0.1, -0.05) is 0 Å². The number of hydrogen-bond donors (Lipinski definition) is 1. The largest absolute Gasteiger partial charge is 0.378 e. The van der Waals surface area contributed by atoms with Crippen LogP contribution in [0.15, 0.2) is 0 Å². The van der Waals surface area contributed by atoms with Gasteiger partial charge >= 0.3 is 0 Å². The molecule has 18 heavy (non-hydrogen) atoms. The smallest absolute Gasteiger partial charge is 0.153 e. The van der Waals surface area contributed by atoms with Crippen molar-refractivity contribution in [3.05, 3.63) is 11.6 Å². The summed E-state index contributed by atoms with van der Waals surface area (Å²) >= 11 is 0. The molecule has 1 N–H and O–H groups in total. The molecule has 2 aliphatic heterocycles. The predicted molar refractivity (Wildman–Crippen MR) is 65.2 cm³/mol. The van der Waals surface area contributed by atoms with E-state index in [2.05, 4.69) is 15.5 Å². The highest BCUT2D eigenvalue weighted by atomic mass is 16.5. The van der Waals surface area contributed by atoms with Crippen molar-refractivity contribution in [1.29, 1.82) is 0 Å². The van der Waals surface area contributed by atoms with Crippen LogP contribution in [0.4, 0.5) is 0 Å². The van der Waals surface area contributed by atoms with Crippen molar-refractivity contribution >= 4 is 0 Å². The summed E-state index contributed by atoms with van der Waals surface area (Å²) in [6, 6.07) is 0.0674. The topological polar surface area (TPSA) is 61.2 Å². The molecule has 1 aromatic heterocycles. The summed E-state index contributed by atoms with van der Waals surface area (Å²) in [6.07, 6.45) is 2.05. The minimum Gasteiger partial charge on any atom is -0.378 e. The third-order valence-electron chi connectivity index (χ3n) is 3.99. The number of ether oxygens (including phenoxy) is 2. The highest BCUT2D eigenvalue weighted by Gasteiger charge is 2.46. The quantitative estimate of drug-likeness (QED) is 0.780. The first kappa shape index (κ1) is 12.1. The van der Waals surface area contributed by atoms with Gasteiger partial charge in [0.05, 0.1) is 19.3 Å². The second-order valence-electron chi connectivity index (χ2n) is 5.12. The van der Waals surface area contributed by atoms with E-state index in [1.165, 1.54) is 0 Å². The molecule has 1 aromatic rings. The zero-order valence-corrected chi connectivity index (χ0v) is 11.0. The van der Waals surface area contributed by atoms with Crippen LogP contribution in [-0.2, 0) is 16.5 Å². The average Bonchev–Trinajstić information content (AvgIpc) is 2.72. The number of nitrogens with zero attached hydrogens (tertiary/aromatic N) is 3. The van der Waals surface area contributed by atoms with Gasteiger partial charge in [-0.05, 0) is 19.8 Å². The van der Waals surface area contributed by atoms with Crippen LogP contribution in [0.25, 0.3) is 0 Å². The Balaban J connectivity index is 1.94. The maximum absolute atomic E-state index is 6.07. The van der Waals surface area contributed by atoms with E-state index in [0.717, 1.165) is 44.2 Å². The Bertz CT molecular complexity index is 417. The van der Waals surface area contributed by atoms with Crippen LogP contribution in [0, 0.1) is 6.92 Å². The number of aryl methyl sites for hydroxylation is 1. The maximum Gasteiger partial charge on any atom is 0.153 e. The summed E-state index contributed by atoms with van der Waals surface area (Å²) in [5, 5.41) is 12.0. The molecule has 0 aromatic carbocycles. The van der Waals surface area contributed by atoms with E-state index in [1.54, 1.807) is 0 Å². The van der Waals surface area contributed by atoms with Crippen molar-refractivity contribution in [3.8, 4) is 0 Å². The molecule has 3 heterocycles. The molecule has 2 aliphatic rings. The average molecular weight is 252 g/mol. The fourth-order valence-electron chi connectivity index (χ4n) is 2.86. The fraction of sp³-hybridized carbons (Fsp3) is 0.833. The van der Waals surface area contributed by atoms with Gasteiger partial charge in [-0.15, -0.1) is 10.2 Å². The van der Waals surface area contributed by atoms with Crippen molar-refractivity contribution < 1.29 is 9.47 Å². The molecular weight excluding hydrogens is 232 g/mol. The number of morpholine rings is 1. The molecule has 6 nitrogen and oxygen atoms in total. The molecule has 2 atom stereocenters. The molecule has 3 rings (SSSR count). The van der Waals surface area contributed by atoms with Gasteiger partial charge in [0.15, 0.2) is 5.82 Å². The molecular formula is C12H20N4O2. The van der Waals surface area contributed by atoms with Crippen molar-refractivity contribution in [2.24, 2.45) is 7.05 Å². The Kier molecular flexibility index (Phi) is 3.09. The van der Waals surface area contributed by atoms with Gasteiger partial charge in [0.1, 0.15) is 11.4 Å². The van der Waals surface area contributed by atoms with Crippen LogP contribution in [0.1, 0.15) is 30.5 Å². The number of nitrogens with one attached hydrogen (secondary N) is 1. The minimum absolute atomic E-state index is 0.0674. The highest BCUT2D eigenvalue weighted by Crippen LogP contribution is 2.37. The summed E-state index contributed by atoms with van der Waals surface area (Å²) in [5.74, 6) is 1.86. The van der Waals surface area contributed by atoms with E-state index in [9.17, 15) is 0 Å². The van der Waals surface area contributed by atoms with Gasteiger partial charge in [0.25, 0.3) is 0 Å². The Morgan fingerprint density at radius 3 is 2.94 bits per heavy atom. The third kappa shape index (κ3) is 1.84. The zero-order chi connectivity index (χ0) is 12.6. The first-order valence-corrected chi connectivity index (χ1v) is 6.54. The standard InChI is InChI=1S/C12H20N4O2/c1-9-14-15-11(16(9)2)10-12(18-7-5-13-10)4-3-6-17-8-12/h10,13H,3-8H2,1-2H3. The SMILES string of the molecule is Cc1nnc(C2NCCOC23CCCOC3)n1C. The lowest BCUT2D eigenvalue weighted by atomic mass is 9.86. The van der Waals surface area contributed by atoms with E-state index in [4.69, 9.17) is 9.47 Å². The summed E-state index contributed by atoms with van der Waals surface area (Å²) in [5.41, 5.74) is -0.274. The van der Waals surface area contributed by atoms with E-state index in [0.29, 0.717) is 6.61 Å². The number of aromatic nitrogens is 3. The fourth-order valence-corrected chi connectivity index (χ4v) is 2.86. The maximum atomic E-state index is 6.07. The molecule has 0 saturated carbocycles. The normalized spacial score (nSPS) is 32.9. The van der Waals surface area contributed by atoms with Gasteiger partial charge in [-0.25, -0.2) is 0 Å². The molecule has 2 saturated heterocycles. The molecule has 0 bridgehead atoms. The lowest BCUT2D eigenvalue weighted by molar-refractivity contribution is -0.166. The molecule has 0 aliphatic carbocycles. The van der Waals surface area contributed by atoms with E-state index < -0.39 is 0 Å². The Morgan fingerprint density at radius 1 is 1.39 bits per heavy atom. The van der Waals surface area contributed by atoms with Crippen LogP contribution in [-0.4, -0.2) is 46.7 Å². The Hall–Kier alpha value is -0.980. The van der Waals surface area contributed by atoms with E-state index in [1.807, 2.05) is 18.5 Å². The third-order valence-corrected chi connectivity index (χ3v) is 3.99. The van der Waals surface area contributed by atoms with E-state index in [-0.39, 0.29) is 11.6 Å². The van der Waals surface area contributed by atoms with Crippen molar-refractivity contribution in [2.45, 2.75) is 31.4 Å². The van der Waals surface area contributed by atoms with Crippen molar-refractivity contribution in [3.63, 3.8) is 0 Å². The minimum atomic E-state index is -0.274. The summed E-state index contributed by atoms with van der Waals surface area (Å²) in [7, 11) is 2.00. The molecule has 2 fully saturated rings. The zero-order valence-electron chi connectivity index (χ0n) is 11.0. The number of rotatable bonds is 1. The van der Waals surface area contributed by atoms with Crippen molar-refractivity contribution in [1.82, 2.24) is 20.1 Å². The summed E-state index contributed by atoms with van der Waals surface area (Å²) < 4.78 is 13.7. The number of hydrogen-bond acceptors (Lipinski definition) is 5. The van der Waals surface area contributed by atoms with E-state index >= 15 is 0 Å². The van der Waals surface area contributed by atoms with Gasteiger partial charge < -0.3 is 19.4 Å². The lowest BCUT2D eigenvalue weighted by Gasteiger charge is -2.45. The van der Waals surface area contributed by atoms with Crippen LogP contribution in [0.5, 0.6) is 0 Å². The second-order valence-corrected chi connectivity index (χ2v) is 5.12. The molecule has 1 spiro atoms. The van der Waals surface area contributed by atoms with Crippen LogP contribution in [0.3, 0.4) is 0 Å². The van der Waals surface area contributed by atoms with Gasteiger partial charge in [0, 0.05) is 20.2 Å². The van der Waals surface area contributed by atoms with Crippen LogP contribution in [0.2, 0.25) is 0 Å². The lowest BCUT2D eigenvalue weighted by Crippen LogP contribution is -2.57. The van der Waals surface area contributed by atoms with Crippen LogP contribution >= 0.6 is 0 Å². The predicted octanol–water partition coefficient (Wildman–Crippen LogP) is 0.334. The highest BCUT2D eigenvalue weighted by molar-refractivity contribution is 5.10. The van der Waals surface area contributed by atoms with Gasteiger partial charge in [-0.2, -0.15) is 0 Å². The molecule has 0 radical (unpaired) electrons. The summed E-state index contributed by atoms with van der Waals surface area (Å²) in [6.45, 7) is 5.01. The Morgan fingerprint density at radius 2 is 2.28 bits per heavy atom. The van der Waals surface area contributed by atoms with Gasteiger partial charge in [-0.3, -0.25) is 0 Å². The molecule has 100 valence electrons.